The van der Waals surface area contributed by atoms with E-state index >= 15 is 0 Å². The maximum Gasteiger partial charge on any atom is 0.142 e. The van der Waals surface area contributed by atoms with Gasteiger partial charge in [0.2, 0.25) is 0 Å². The summed E-state index contributed by atoms with van der Waals surface area (Å²) in [4.78, 5) is 1.59. The first-order valence-electron chi connectivity index (χ1n) is 4.44. The lowest BCUT2D eigenvalue weighted by atomic mass is 10.00. The van der Waals surface area contributed by atoms with Crippen molar-refractivity contribution in [3.8, 4) is 0 Å². The molecule has 0 aromatic rings. The first-order valence-corrected chi connectivity index (χ1v) is 4.44. The molecule has 0 amide bonds. The second-order valence-electron chi connectivity index (χ2n) is 4.15. The number of nitrogens with one attached hydrogen (secondary N) is 1. The fraction of sp³-hybridized carbons (Fsp3) is 0.889. The van der Waals surface area contributed by atoms with Crippen LogP contribution in [0.15, 0.2) is 0 Å². The Bertz CT molecular complexity index is 179. The second-order valence-corrected chi connectivity index (χ2v) is 4.15. The van der Waals surface area contributed by atoms with Gasteiger partial charge in [0.1, 0.15) is 24.3 Å². The van der Waals surface area contributed by atoms with Gasteiger partial charge in [-0.1, -0.05) is 0 Å². The molecule has 3 fully saturated rings. The summed E-state index contributed by atoms with van der Waals surface area (Å²) in [6, 6.07) is 1.18. The smallest absolute Gasteiger partial charge is 0.142 e. The predicted molar refractivity (Wildman–Crippen MR) is 44.8 cm³/mol. The highest BCUT2D eigenvalue weighted by Gasteiger charge is 2.66. The highest BCUT2D eigenvalue weighted by molar-refractivity contribution is 5.05. The Labute approximate surface area is 73.3 Å². The first kappa shape index (κ1) is 8.48. The van der Waals surface area contributed by atoms with Gasteiger partial charge in [-0.2, -0.15) is 0 Å². The molecule has 3 saturated heterocycles. The number of piperidine rings is 1. The zero-order valence-corrected chi connectivity index (χ0v) is 7.66. The Hall–Kier alpha value is -0.120. The van der Waals surface area contributed by atoms with E-state index < -0.39 is 0 Å². The van der Waals surface area contributed by atoms with Crippen LogP contribution in [-0.2, 0) is 4.74 Å². The van der Waals surface area contributed by atoms with Crippen molar-refractivity contribution in [3.05, 3.63) is 7.43 Å². The maximum atomic E-state index is 9.48. The third-order valence-electron chi connectivity index (χ3n) is 3.58. The van der Waals surface area contributed by atoms with Crippen LogP contribution in [0, 0.1) is 7.43 Å². The van der Waals surface area contributed by atoms with Crippen molar-refractivity contribution in [2.75, 3.05) is 7.05 Å². The lowest BCUT2D eigenvalue weighted by Gasteiger charge is -2.33. The summed E-state index contributed by atoms with van der Waals surface area (Å²) in [6.45, 7) is 0. The van der Waals surface area contributed by atoms with E-state index in [2.05, 4.69) is 7.05 Å². The molecule has 3 rings (SSSR count). The number of ether oxygens (including phenoxy) is 1. The fourth-order valence-electron chi connectivity index (χ4n) is 2.90. The SMILES string of the molecule is C[NH+]1C2CC(O)CC1C1OC12.[CH3-]. The molecule has 0 radical (unpaired) electrons. The molecule has 4 atom stereocenters. The van der Waals surface area contributed by atoms with Crippen molar-refractivity contribution in [1.29, 1.82) is 0 Å². The number of aliphatic hydroxyl groups excluding tert-OH is 1. The fourth-order valence-corrected chi connectivity index (χ4v) is 2.90. The molecule has 0 aromatic carbocycles. The van der Waals surface area contributed by atoms with Crippen LogP contribution >= 0.6 is 0 Å². The standard InChI is InChI=1S/C8H13NO2.CH3/c1-9-5-2-4(10)3-6(9)8-7(5)11-8;/h4-8,10H,2-3H2,1H3;1H3/q;-1/p+1. The van der Waals surface area contributed by atoms with Crippen molar-refractivity contribution in [2.24, 2.45) is 0 Å². The quantitative estimate of drug-likeness (QED) is 0.348. The molecule has 0 aliphatic carbocycles. The minimum Gasteiger partial charge on any atom is -0.393 e. The van der Waals surface area contributed by atoms with Gasteiger partial charge >= 0.3 is 0 Å². The van der Waals surface area contributed by atoms with Crippen molar-refractivity contribution in [2.45, 2.75) is 43.2 Å². The highest BCUT2D eigenvalue weighted by atomic mass is 16.6. The van der Waals surface area contributed by atoms with Crippen LogP contribution in [-0.4, -0.2) is 42.5 Å². The van der Waals surface area contributed by atoms with Crippen LogP contribution in [0.4, 0.5) is 0 Å². The van der Waals surface area contributed by atoms with Gasteiger partial charge in [0.25, 0.3) is 0 Å². The van der Waals surface area contributed by atoms with Crippen molar-refractivity contribution in [1.82, 2.24) is 0 Å². The van der Waals surface area contributed by atoms with Crippen molar-refractivity contribution >= 4 is 0 Å². The van der Waals surface area contributed by atoms with Crippen LogP contribution in [0.25, 0.3) is 0 Å². The molecular weight excluding hydrogens is 154 g/mol. The zero-order chi connectivity index (χ0) is 7.59. The Morgan fingerprint density at radius 1 is 1.25 bits per heavy atom. The Morgan fingerprint density at radius 3 is 2.25 bits per heavy atom. The van der Waals surface area contributed by atoms with Gasteiger partial charge in [0.05, 0.1) is 13.2 Å². The van der Waals surface area contributed by atoms with Gasteiger partial charge in [0, 0.05) is 12.8 Å². The average molecular weight is 171 g/mol. The Kier molecular flexibility index (Phi) is 1.72. The molecule has 12 heavy (non-hydrogen) atoms. The molecule has 3 aliphatic rings. The largest absolute Gasteiger partial charge is 0.393 e. The molecule has 0 saturated carbocycles. The summed E-state index contributed by atoms with van der Waals surface area (Å²) in [6.07, 6.45) is 2.84. The van der Waals surface area contributed by atoms with Crippen LogP contribution in [0.5, 0.6) is 0 Å². The topological polar surface area (TPSA) is 37.2 Å². The molecule has 2 bridgehead atoms. The Balaban J connectivity index is 0.000000563. The number of rotatable bonds is 0. The van der Waals surface area contributed by atoms with Crippen molar-refractivity contribution in [3.63, 3.8) is 0 Å². The summed E-state index contributed by atoms with van der Waals surface area (Å²) < 4.78 is 5.51. The van der Waals surface area contributed by atoms with Crippen molar-refractivity contribution < 1.29 is 14.7 Å². The minimum atomic E-state index is -0.0508. The zero-order valence-electron chi connectivity index (χ0n) is 7.66. The highest BCUT2D eigenvalue weighted by Crippen LogP contribution is 2.38. The van der Waals surface area contributed by atoms with Gasteiger partial charge in [-0.05, 0) is 0 Å². The summed E-state index contributed by atoms with van der Waals surface area (Å²) in [5.74, 6) is 0. The molecular formula is C9H17NO2. The number of hydrogen-bond donors (Lipinski definition) is 2. The van der Waals surface area contributed by atoms with E-state index in [9.17, 15) is 5.11 Å². The summed E-state index contributed by atoms with van der Waals surface area (Å²) in [7, 11) is 2.23. The van der Waals surface area contributed by atoms with Gasteiger partial charge in [0.15, 0.2) is 0 Å². The van der Waals surface area contributed by atoms with E-state index in [1.54, 1.807) is 4.90 Å². The van der Waals surface area contributed by atoms with Gasteiger partial charge in [-0.3, -0.25) is 0 Å². The molecule has 0 aromatic heterocycles. The molecule has 3 nitrogen and oxygen atoms in total. The maximum absolute atomic E-state index is 9.48. The van der Waals surface area contributed by atoms with Gasteiger partial charge in [-0.25, -0.2) is 0 Å². The molecule has 4 unspecified atom stereocenters. The molecule has 0 spiro atoms. The minimum absolute atomic E-state index is 0. The molecule has 2 N–H and O–H groups in total. The number of morpholine rings is 1. The van der Waals surface area contributed by atoms with E-state index in [1.165, 1.54) is 0 Å². The third kappa shape index (κ3) is 0.873. The first-order chi connectivity index (χ1) is 5.27. The van der Waals surface area contributed by atoms with Crippen LogP contribution in [0.3, 0.4) is 0 Å². The van der Waals surface area contributed by atoms with Crippen LogP contribution < -0.4 is 4.90 Å². The summed E-state index contributed by atoms with van der Waals surface area (Å²) >= 11 is 0. The molecule has 3 heteroatoms. The van der Waals surface area contributed by atoms with Gasteiger partial charge in [-0.15, -0.1) is 0 Å². The van der Waals surface area contributed by atoms with Crippen LogP contribution in [0.1, 0.15) is 12.8 Å². The normalized spacial score (nSPS) is 60.5. The number of hydrogen-bond acceptors (Lipinski definition) is 2. The Morgan fingerprint density at radius 2 is 1.75 bits per heavy atom. The molecule has 70 valence electrons. The average Bonchev–Trinajstić information content (AvgIpc) is 2.66. The van der Waals surface area contributed by atoms with E-state index in [4.69, 9.17) is 4.74 Å². The van der Waals surface area contributed by atoms with E-state index in [0.29, 0.717) is 24.3 Å². The lowest BCUT2D eigenvalue weighted by Crippen LogP contribution is -3.17. The number of likely N-dealkylation sites (N-methyl/N-ethyl adjacent to an activating group) is 1. The number of epoxide rings is 1. The molecule has 3 heterocycles. The molecule has 3 aliphatic heterocycles. The monoisotopic (exact) mass is 171 g/mol. The van der Waals surface area contributed by atoms with Crippen LogP contribution in [0.2, 0.25) is 0 Å². The number of quaternary nitrogens is 1. The second kappa shape index (κ2) is 2.44. The lowest BCUT2D eigenvalue weighted by molar-refractivity contribution is -0.931. The third-order valence-corrected chi connectivity index (χ3v) is 3.58. The summed E-state index contributed by atoms with van der Waals surface area (Å²) in [5.41, 5.74) is 0. The number of fused-ring (bicyclic) bond motifs is 5. The van der Waals surface area contributed by atoms with E-state index in [0.717, 1.165) is 12.8 Å². The number of aliphatic hydroxyl groups is 1. The van der Waals surface area contributed by atoms with E-state index in [-0.39, 0.29) is 13.5 Å². The van der Waals surface area contributed by atoms with Gasteiger partial charge < -0.3 is 22.2 Å². The predicted octanol–water partition coefficient (Wildman–Crippen LogP) is -1.38. The van der Waals surface area contributed by atoms with E-state index in [1.807, 2.05) is 0 Å². The summed E-state index contributed by atoms with van der Waals surface area (Å²) in [5, 5.41) is 9.48.